The number of nitrogens with one attached hydrogen (secondary N) is 1. The highest BCUT2D eigenvalue weighted by atomic mass is 35.5. The lowest BCUT2D eigenvalue weighted by atomic mass is 10.1. The van der Waals surface area contributed by atoms with Crippen LogP contribution in [0.5, 0.6) is 0 Å². The minimum absolute atomic E-state index is 0.208. The van der Waals surface area contributed by atoms with Crippen molar-refractivity contribution in [3.05, 3.63) is 70.1 Å². The summed E-state index contributed by atoms with van der Waals surface area (Å²) in [5.41, 5.74) is 1.29. The van der Waals surface area contributed by atoms with E-state index in [1.54, 1.807) is 48.5 Å². The Hall–Kier alpha value is -2.11. The second-order valence-electron chi connectivity index (χ2n) is 4.60. The molecule has 2 aromatic carbocycles. The van der Waals surface area contributed by atoms with Crippen LogP contribution in [0.1, 0.15) is 22.8 Å². The van der Waals surface area contributed by atoms with Crippen LogP contribution in [0.2, 0.25) is 5.02 Å². The number of hydrogen-bond acceptors (Lipinski definition) is 3. The minimum Gasteiger partial charge on any atom is -0.294 e. The van der Waals surface area contributed by atoms with Gasteiger partial charge in [0.15, 0.2) is 5.78 Å². The first-order valence-corrected chi connectivity index (χ1v) is 8.36. The number of anilines is 1. The van der Waals surface area contributed by atoms with Gasteiger partial charge >= 0.3 is 0 Å². The molecule has 0 amide bonds. The van der Waals surface area contributed by atoms with Crippen molar-refractivity contribution < 1.29 is 13.2 Å². The van der Waals surface area contributed by atoms with Crippen molar-refractivity contribution >= 4 is 39.2 Å². The van der Waals surface area contributed by atoms with Crippen molar-refractivity contribution in [2.45, 2.75) is 6.92 Å². The first kappa shape index (κ1) is 16.3. The van der Waals surface area contributed by atoms with Crippen LogP contribution in [-0.2, 0) is 10.0 Å². The number of halogens is 1. The highest BCUT2D eigenvalue weighted by Crippen LogP contribution is 2.18. The van der Waals surface area contributed by atoms with E-state index in [4.69, 9.17) is 11.6 Å². The molecule has 2 rings (SSSR count). The number of para-hydroxylation sites is 1. The SMILES string of the molecule is CC(=O)c1ccccc1NS(=O)(=O)/C=C/c1ccc(Cl)cc1. The Morgan fingerprint density at radius 1 is 1.09 bits per heavy atom. The van der Waals surface area contributed by atoms with Crippen LogP contribution in [0.4, 0.5) is 5.69 Å². The Balaban J connectivity index is 2.21. The van der Waals surface area contributed by atoms with Crippen molar-refractivity contribution in [2.75, 3.05) is 4.72 Å². The summed E-state index contributed by atoms with van der Waals surface area (Å²) in [6.45, 7) is 1.39. The van der Waals surface area contributed by atoms with Gasteiger partial charge < -0.3 is 0 Å². The fraction of sp³-hybridized carbons (Fsp3) is 0.0625. The van der Waals surface area contributed by atoms with Gasteiger partial charge in [-0.2, -0.15) is 0 Å². The first-order valence-electron chi connectivity index (χ1n) is 6.44. The summed E-state index contributed by atoms with van der Waals surface area (Å²) in [5.74, 6) is -0.208. The standard InChI is InChI=1S/C16H14ClNO3S/c1-12(19)15-4-2-3-5-16(15)18-22(20,21)11-10-13-6-8-14(17)9-7-13/h2-11,18H,1H3/b11-10+. The lowest BCUT2D eigenvalue weighted by Crippen LogP contribution is -2.11. The molecule has 0 unspecified atom stereocenters. The Morgan fingerprint density at radius 2 is 1.73 bits per heavy atom. The molecule has 4 nitrogen and oxygen atoms in total. The van der Waals surface area contributed by atoms with Gasteiger partial charge in [0.1, 0.15) is 0 Å². The van der Waals surface area contributed by atoms with Crippen LogP contribution in [-0.4, -0.2) is 14.2 Å². The van der Waals surface area contributed by atoms with Gasteiger partial charge in [-0.1, -0.05) is 35.9 Å². The highest BCUT2D eigenvalue weighted by Gasteiger charge is 2.11. The van der Waals surface area contributed by atoms with E-state index >= 15 is 0 Å². The molecule has 6 heteroatoms. The van der Waals surface area contributed by atoms with Crippen molar-refractivity contribution in [1.29, 1.82) is 0 Å². The molecule has 0 atom stereocenters. The summed E-state index contributed by atoms with van der Waals surface area (Å²) in [6, 6.07) is 13.2. The highest BCUT2D eigenvalue weighted by molar-refractivity contribution is 7.95. The number of sulfonamides is 1. The maximum Gasteiger partial charge on any atom is 0.255 e. The molecule has 0 saturated carbocycles. The Labute approximate surface area is 134 Å². The predicted octanol–water partition coefficient (Wildman–Crippen LogP) is 3.96. The molecular formula is C16H14ClNO3S. The fourth-order valence-electron chi connectivity index (χ4n) is 1.81. The number of Topliss-reactive ketones (excluding diaryl/α,β-unsaturated/α-hetero) is 1. The molecule has 114 valence electrons. The van der Waals surface area contributed by atoms with Gasteiger partial charge in [-0.25, -0.2) is 8.42 Å². The number of hydrogen-bond donors (Lipinski definition) is 1. The molecule has 0 aliphatic heterocycles. The third-order valence-electron chi connectivity index (χ3n) is 2.87. The molecule has 0 heterocycles. The molecule has 22 heavy (non-hydrogen) atoms. The topological polar surface area (TPSA) is 63.2 Å². The van der Waals surface area contributed by atoms with Gasteiger partial charge in [-0.05, 0) is 42.8 Å². The summed E-state index contributed by atoms with van der Waals surface area (Å²) >= 11 is 5.77. The van der Waals surface area contributed by atoms with Gasteiger partial charge in [-0.3, -0.25) is 9.52 Å². The third-order valence-corrected chi connectivity index (χ3v) is 4.12. The van der Waals surface area contributed by atoms with Crippen molar-refractivity contribution in [1.82, 2.24) is 0 Å². The molecule has 0 saturated heterocycles. The molecule has 0 aliphatic carbocycles. The number of ketones is 1. The van der Waals surface area contributed by atoms with E-state index in [1.165, 1.54) is 13.0 Å². The second kappa shape index (κ2) is 6.77. The normalized spacial score (nSPS) is 11.5. The number of benzene rings is 2. The molecule has 0 aromatic heterocycles. The smallest absolute Gasteiger partial charge is 0.255 e. The summed E-state index contributed by atoms with van der Waals surface area (Å²) in [5, 5.41) is 1.63. The van der Waals surface area contributed by atoms with E-state index in [2.05, 4.69) is 4.72 Å². The Bertz CT molecular complexity index is 812. The van der Waals surface area contributed by atoms with E-state index in [0.29, 0.717) is 16.1 Å². The van der Waals surface area contributed by atoms with Crippen LogP contribution in [0.25, 0.3) is 6.08 Å². The number of carbonyl (C=O) groups is 1. The average molecular weight is 336 g/mol. The lowest BCUT2D eigenvalue weighted by Gasteiger charge is -2.08. The minimum atomic E-state index is -3.71. The third kappa shape index (κ3) is 4.44. The van der Waals surface area contributed by atoms with E-state index in [9.17, 15) is 13.2 Å². The van der Waals surface area contributed by atoms with Crippen molar-refractivity contribution in [3.63, 3.8) is 0 Å². The van der Waals surface area contributed by atoms with E-state index in [-0.39, 0.29) is 11.5 Å². The van der Waals surface area contributed by atoms with Crippen molar-refractivity contribution in [3.8, 4) is 0 Å². The molecule has 0 spiro atoms. The molecule has 0 bridgehead atoms. The number of carbonyl (C=O) groups excluding carboxylic acids is 1. The Morgan fingerprint density at radius 3 is 2.36 bits per heavy atom. The summed E-state index contributed by atoms with van der Waals surface area (Å²) in [6.07, 6.45) is 1.45. The monoisotopic (exact) mass is 335 g/mol. The van der Waals surface area contributed by atoms with Gasteiger partial charge in [0.05, 0.1) is 11.1 Å². The van der Waals surface area contributed by atoms with Crippen LogP contribution < -0.4 is 4.72 Å². The largest absolute Gasteiger partial charge is 0.294 e. The van der Waals surface area contributed by atoms with Crippen molar-refractivity contribution in [2.24, 2.45) is 0 Å². The zero-order valence-electron chi connectivity index (χ0n) is 11.8. The maximum absolute atomic E-state index is 12.1. The van der Waals surface area contributed by atoms with Gasteiger partial charge in [0.2, 0.25) is 0 Å². The molecular weight excluding hydrogens is 322 g/mol. The van der Waals surface area contributed by atoms with E-state index in [0.717, 1.165) is 5.41 Å². The Kier molecular flexibility index (Phi) is 5.00. The van der Waals surface area contributed by atoms with Gasteiger partial charge in [-0.15, -0.1) is 0 Å². The average Bonchev–Trinajstić information content (AvgIpc) is 2.46. The van der Waals surface area contributed by atoms with Crippen LogP contribution >= 0.6 is 11.6 Å². The first-order chi connectivity index (χ1) is 10.4. The number of rotatable bonds is 5. The maximum atomic E-state index is 12.1. The summed E-state index contributed by atoms with van der Waals surface area (Å²) < 4.78 is 26.5. The van der Waals surface area contributed by atoms with Crippen LogP contribution in [0.3, 0.4) is 0 Å². The zero-order valence-corrected chi connectivity index (χ0v) is 13.4. The van der Waals surface area contributed by atoms with Crippen LogP contribution in [0, 0.1) is 0 Å². The lowest BCUT2D eigenvalue weighted by molar-refractivity contribution is 0.101. The molecule has 2 aromatic rings. The fourth-order valence-corrected chi connectivity index (χ4v) is 2.82. The van der Waals surface area contributed by atoms with Crippen LogP contribution in [0.15, 0.2) is 53.9 Å². The summed E-state index contributed by atoms with van der Waals surface area (Å²) in [7, 11) is -3.71. The molecule has 0 aliphatic rings. The van der Waals surface area contributed by atoms with E-state index in [1.807, 2.05) is 0 Å². The quantitative estimate of drug-likeness (QED) is 0.841. The molecule has 1 N–H and O–H groups in total. The molecule has 0 fully saturated rings. The predicted molar refractivity (Wildman–Crippen MR) is 89.5 cm³/mol. The zero-order chi connectivity index (χ0) is 16.2. The second-order valence-corrected chi connectivity index (χ2v) is 6.61. The molecule has 0 radical (unpaired) electrons. The van der Waals surface area contributed by atoms with Gasteiger partial charge in [0, 0.05) is 10.6 Å². The summed E-state index contributed by atoms with van der Waals surface area (Å²) in [4.78, 5) is 11.5. The van der Waals surface area contributed by atoms with E-state index < -0.39 is 10.0 Å². The van der Waals surface area contributed by atoms with Gasteiger partial charge in [0.25, 0.3) is 10.0 Å².